The maximum absolute atomic E-state index is 13.0. The molecule has 4 aromatic rings. The number of carbonyl (C=O) groups is 1. The zero-order valence-corrected chi connectivity index (χ0v) is 22.3. The second-order valence-electron chi connectivity index (χ2n) is 10.7. The number of rotatable bonds is 6. The zero-order chi connectivity index (χ0) is 26.1. The molecule has 0 unspecified atom stereocenters. The van der Waals surface area contributed by atoms with Crippen molar-refractivity contribution in [2.45, 2.75) is 19.3 Å². The lowest BCUT2D eigenvalue weighted by molar-refractivity contribution is 0.102. The van der Waals surface area contributed by atoms with Crippen LogP contribution in [0.2, 0.25) is 0 Å². The van der Waals surface area contributed by atoms with E-state index in [9.17, 15) is 4.79 Å². The van der Waals surface area contributed by atoms with Gasteiger partial charge in [-0.15, -0.1) is 0 Å². The van der Waals surface area contributed by atoms with Crippen molar-refractivity contribution in [1.82, 2.24) is 19.8 Å². The first kappa shape index (κ1) is 24.6. The minimum absolute atomic E-state index is 0.120. The molecule has 7 heteroatoms. The molecule has 6 rings (SSSR count). The number of aromatic nitrogens is 2. The number of aryl methyl sites for hydroxylation is 1. The minimum atomic E-state index is -0.120. The number of amides is 1. The lowest BCUT2D eigenvalue weighted by Crippen LogP contribution is -2.45. The SMILES string of the molecule is CN1CCN(CCc2ccc(NC(=O)c3ccc4nc(-c5ccc6c(c5)CCCN6C)[nH]c4c3)cc2)CC1. The van der Waals surface area contributed by atoms with Gasteiger partial charge in [-0.25, -0.2) is 4.98 Å². The fraction of sp³-hybridized carbons (Fsp3) is 0.355. The summed E-state index contributed by atoms with van der Waals surface area (Å²) in [6.45, 7) is 6.73. The van der Waals surface area contributed by atoms with E-state index in [1.54, 1.807) is 0 Å². The number of anilines is 2. The molecule has 3 aromatic carbocycles. The van der Waals surface area contributed by atoms with Crippen LogP contribution < -0.4 is 10.2 Å². The molecule has 1 fully saturated rings. The van der Waals surface area contributed by atoms with E-state index < -0.39 is 0 Å². The van der Waals surface area contributed by atoms with E-state index in [0.717, 1.165) is 80.2 Å². The highest BCUT2D eigenvalue weighted by atomic mass is 16.1. The number of carbonyl (C=O) groups excluding carboxylic acids is 1. The topological polar surface area (TPSA) is 67.5 Å². The second-order valence-corrected chi connectivity index (χ2v) is 10.7. The standard InChI is InChI=1S/C31H36N6O/c1-35-16-18-37(19-17-35)15-13-22-5-9-26(10-6-22)32-31(38)25-7-11-27-28(21-25)34-30(33-27)24-8-12-29-23(20-24)4-3-14-36(29)2/h5-12,20-21H,3-4,13-19H2,1-2H3,(H,32,38)(H,33,34). The van der Waals surface area contributed by atoms with Gasteiger partial charge in [0.15, 0.2) is 0 Å². The van der Waals surface area contributed by atoms with Crippen molar-refractivity contribution in [1.29, 1.82) is 0 Å². The van der Waals surface area contributed by atoms with E-state index in [1.165, 1.54) is 23.2 Å². The highest BCUT2D eigenvalue weighted by molar-refractivity contribution is 6.06. The molecule has 1 amide bonds. The number of nitrogens with zero attached hydrogens (tertiary/aromatic N) is 4. The summed E-state index contributed by atoms with van der Waals surface area (Å²) in [5.74, 6) is 0.714. The number of hydrogen-bond donors (Lipinski definition) is 2. The normalized spacial score (nSPS) is 16.5. The van der Waals surface area contributed by atoms with Crippen LogP contribution >= 0.6 is 0 Å². The molecule has 2 aliphatic rings. The van der Waals surface area contributed by atoms with Gasteiger partial charge in [0.25, 0.3) is 5.91 Å². The van der Waals surface area contributed by atoms with Crippen LogP contribution in [0.5, 0.6) is 0 Å². The van der Waals surface area contributed by atoms with Crippen LogP contribution in [0.25, 0.3) is 22.4 Å². The van der Waals surface area contributed by atoms with Gasteiger partial charge in [0.1, 0.15) is 5.82 Å². The van der Waals surface area contributed by atoms with Crippen LogP contribution in [-0.4, -0.2) is 79.0 Å². The predicted octanol–water partition coefficient (Wildman–Crippen LogP) is 4.65. The molecular formula is C31H36N6O. The molecule has 0 aliphatic carbocycles. The quantitative estimate of drug-likeness (QED) is 0.397. The molecule has 38 heavy (non-hydrogen) atoms. The third-order valence-electron chi connectivity index (χ3n) is 7.97. The molecule has 0 bridgehead atoms. The van der Waals surface area contributed by atoms with Crippen LogP contribution in [0.3, 0.4) is 0 Å². The molecule has 1 aromatic heterocycles. The number of piperazine rings is 1. The van der Waals surface area contributed by atoms with Gasteiger partial charge in [0.2, 0.25) is 0 Å². The lowest BCUT2D eigenvalue weighted by atomic mass is 9.99. The number of H-pyrrole nitrogens is 1. The van der Waals surface area contributed by atoms with E-state index in [2.05, 4.69) is 69.4 Å². The van der Waals surface area contributed by atoms with E-state index >= 15 is 0 Å². The largest absolute Gasteiger partial charge is 0.374 e. The van der Waals surface area contributed by atoms with Crippen molar-refractivity contribution in [2.75, 3.05) is 63.6 Å². The van der Waals surface area contributed by atoms with Crippen LogP contribution in [0, 0.1) is 0 Å². The summed E-state index contributed by atoms with van der Waals surface area (Å²) in [7, 11) is 4.33. The van der Waals surface area contributed by atoms with E-state index in [4.69, 9.17) is 4.98 Å². The first-order valence-electron chi connectivity index (χ1n) is 13.7. The Morgan fingerprint density at radius 2 is 1.76 bits per heavy atom. The van der Waals surface area contributed by atoms with Crippen LogP contribution in [0.15, 0.2) is 60.7 Å². The van der Waals surface area contributed by atoms with Gasteiger partial charge in [-0.3, -0.25) is 4.79 Å². The Hall–Kier alpha value is -3.68. The van der Waals surface area contributed by atoms with Crippen LogP contribution in [0.4, 0.5) is 11.4 Å². The maximum atomic E-state index is 13.0. The molecule has 7 nitrogen and oxygen atoms in total. The Bertz CT molecular complexity index is 1430. The van der Waals surface area contributed by atoms with E-state index in [1.807, 2.05) is 30.3 Å². The summed E-state index contributed by atoms with van der Waals surface area (Å²) < 4.78 is 0. The molecule has 3 heterocycles. The number of imidazole rings is 1. The van der Waals surface area contributed by atoms with Crippen LogP contribution in [-0.2, 0) is 12.8 Å². The highest BCUT2D eigenvalue weighted by Gasteiger charge is 2.16. The third kappa shape index (κ3) is 5.30. The summed E-state index contributed by atoms with van der Waals surface area (Å²) >= 11 is 0. The number of likely N-dealkylation sites (N-methyl/N-ethyl adjacent to an activating group) is 1. The third-order valence-corrected chi connectivity index (χ3v) is 7.97. The minimum Gasteiger partial charge on any atom is -0.374 e. The zero-order valence-electron chi connectivity index (χ0n) is 22.3. The van der Waals surface area contributed by atoms with Crippen molar-refractivity contribution < 1.29 is 4.79 Å². The van der Waals surface area contributed by atoms with Gasteiger partial charge in [0, 0.05) is 68.8 Å². The molecule has 0 radical (unpaired) electrons. The summed E-state index contributed by atoms with van der Waals surface area (Å²) in [4.78, 5) is 28.4. The van der Waals surface area contributed by atoms with Crippen molar-refractivity contribution in [3.63, 3.8) is 0 Å². The van der Waals surface area contributed by atoms with Crippen molar-refractivity contribution >= 4 is 28.3 Å². The summed E-state index contributed by atoms with van der Waals surface area (Å²) in [6.07, 6.45) is 3.29. The number of hydrogen-bond acceptors (Lipinski definition) is 5. The van der Waals surface area contributed by atoms with Gasteiger partial charge in [0.05, 0.1) is 11.0 Å². The van der Waals surface area contributed by atoms with E-state index in [0.29, 0.717) is 5.56 Å². The fourth-order valence-electron chi connectivity index (χ4n) is 5.54. The average molecular weight is 509 g/mol. The van der Waals surface area contributed by atoms with E-state index in [-0.39, 0.29) is 5.91 Å². The molecule has 0 spiro atoms. The number of aromatic amines is 1. The van der Waals surface area contributed by atoms with Gasteiger partial charge >= 0.3 is 0 Å². The Kier molecular flexibility index (Phi) is 6.87. The van der Waals surface area contributed by atoms with Gasteiger partial charge in [-0.1, -0.05) is 12.1 Å². The molecule has 2 aliphatic heterocycles. The highest BCUT2D eigenvalue weighted by Crippen LogP contribution is 2.31. The lowest BCUT2D eigenvalue weighted by Gasteiger charge is -2.32. The smallest absolute Gasteiger partial charge is 0.255 e. The predicted molar refractivity (Wildman–Crippen MR) is 155 cm³/mol. The van der Waals surface area contributed by atoms with Gasteiger partial charge in [-0.05, 0) is 86.0 Å². The molecule has 1 saturated heterocycles. The van der Waals surface area contributed by atoms with Crippen molar-refractivity contribution in [3.8, 4) is 11.4 Å². The number of fused-ring (bicyclic) bond motifs is 2. The first-order valence-corrected chi connectivity index (χ1v) is 13.7. The second kappa shape index (κ2) is 10.6. The Balaban J connectivity index is 1.10. The average Bonchev–Trinajstić information content (AvgIpc) is 3.37. The molecule has 196 valence electrons. The number of nitrogens with one attached hydrogen (secondary N) is 2. The summed E-state index contributed by atoms with van der Waals surface area (Å²) in [5.41, 5.74) is 8.18. The van der Waals surface area contributed by atoms with Gasteiger partial charge < -0.3 is 25.0 Å². The molecule has 2 N–H and O–H groups in total. The number of benzene rings is 3. The Morgan fingerprint density at radius 1 is 0.947 bits per heavy atom. The first-order chi connectivity index (χ1) is 18.5. The molecule has 0 atom stereocenters. The molecular weight excluding hydrogens is 472 g/mol. The molecule has 0 saturated carbocycles. The maximum Gasteiger partial charge on any atom is 0.255 e. The Labute approximate surface area is 224 Å². The monoisotopic (exact) mass is 508 g/mol. The summed E-state index contributed by atoms with van der Waals surface area (Å²) in [5, 5.41) is 3.04. The van der Waals surface area contributed by atoms with Crippen molar-refractivity contribution in [3.05, 3.63) is 77.4 Å². The Morgan fingerprint density at radius 3 is 2.58 bits per heavy atom. The fourth-order valence-corrected chi connectivity index (χ4v) is 5.54. The van der Waals surface area contributed by atoms with Gasteiger partial charge in [-0.2, -0.15) is 0 Å². The van der Waals surface area contributed by atoms with Crippen molar-refractivity contribution in [2.24, 2.45) is 0 Å². The van der Waals surface area contributed by atoms with Crippen LogP contribution in [0.1, 0.15) is 27.9 Å². The summed E-state index contributed by atoms with van der Waals surface area (Å²) in [6, 6.07) is 20.4.